The van der Waals surface area contributed by atoms with Crippen LogP contribution in [0, 0.1) is 0 Å². The first-order valence-electron chi connectivity index (χ1n) is 20.1. The fourth-order valence-electron chi connectivity index (χ4n) is 9.75. The van der Waals surface area contributed by atoms with Crippen molar-refractivity contribution in [3.63, 3.8) is 0 Å². The van der Waals surface area contributed by atoms with Crippen LogP contribution in [0.4, 0.5) is 17.1 Å². The second-order valence-electron chi connectivity index (χ2n) is 16.1. The fraction of sp³-hybridized carbons (Fsp3) is 0.0545. The van der Waals surface area contributed by atoms with Crippen LogP contribution in [-0.2, 0) is 5.41 Å². The first-order chi connectivity index (χ1) is 28.5. The predicted molar refractivity (Wildman–Crippen MR) is 243 cm³/mol. The summed E-state index contributed by atoms with van der Waals surface area (Å²) < 4.78 is 9.31. The van der Waals surface area contributed by atoms with Gasteiger partial charge >= 0.3 is 0 Å². The van der Waals surface area contributed by atoms with E-state index in [4.69, 9.17) is 4.42 Å². The number of benzene rings is 9. The summed E-state index contributed by atoms with van der Waals surface area (Å²) in [5.74, 6) is 0. The van der Waals surface area contributed by atoms with Crippen molar-refractivity contribution in [3.05, 3.63) is 205 Å². The summed E-state index contributed by atoms with van der Waals surface area (Å²) in [5, 5.41) is 7.02. The molecule has 58 heavy (non-hydrogen) atoms. The van der Waals surface area contributed by atoms with Crippen molar-refractivity contribution in [2.24, 2.45) is 0 Å². The van der Waals surface area contributed by atoms with Crippen LogP contribution in [0.3, 0.4) is 0 Å². The molecule has 1 aliphatic carbocycles. The topological polar surface area (TPSA) is 21.3 Å². The molecule has 3 nitrogen and oxygen atoms in total. The van der Waals surface area contributed by atoms with Gasteiger partial charge in [0.1, 0.15) is 5.58 Å². The molecule has 2 heterocycles. The highest BCUT2D eigenvalue weighted by Gasteiger charge is 2.35. The smallest absolute Gasteiger partial charge is 0.159 e. The lowest BCUT2D eigenvalue weighted by Crippen LogP contribution is -2.14. The van der Waals surface area contributed by atoms with Gasteiger partial charge < -0.3 is 13.9 Å². The molecule has 3 heteroatoms. The monoisotopic (exact) mass is 742 g/mol. The number of furan rings is 1. The zero-order valence-corrected chi connectivity index (χ0v) is 32.3. The number of hydrogen-bond acceptors (Lipinski definition) is 2. The molecular formula is C55H38N2O. The summed E-state index contributed by atoms with van der Waals surface area (Å²) in [7, 11) is 0. The highest BCUT2D eigenvalue weighted by molar-refractivity contribution is 6.17. The third kappa shape index (κ3) is 4.74. The summed E-state index contributed by atoms with van der Waals surface area (Å²) in [6.07, 6.45) is 0. The van der Waals surface area contributed by atoms with Crippen molar-refractivity contribution in [2.45, 2.75) is 19.3 Å². The van der Waals surface area contributed by atoms with Gasteiger partial charge in [0.2, 0.25) is 0 Å². The van der Waals surface area contributed by atoms with Crippen molar-refractivity contribution in [3.8, 4) is 27.9 Å². The number of para-hydroxylation sites is 3. The van der Waals surface area contributed by atoms with Crippen molar-refractivity contribution < 1.29 is 4.42 Å². The Labute approximate surface area is 336 Å². The van der Waals surface area contributed by atoms with Gasteiger partial charge in [-0.05, 0) is 105 Å². The Balaban J connectivity index is 1.01. The molecule has 0 bridgehead atoms. The molecule has 0 saturated heterocycles. The van der Waals surface area contributed by atoms with E-state index in [9.17, 15) is 0 Å². The van der Waals surface area contributed by atoms with Gasteiger partial charge in [-0.1, -0.05) is 141 Å². The van der Waals surface area contributed by atoms with Crippen LogP contribution >= 0.6 is 0 Å². The Morgan fingerprint density at radius 2 is 1.02 bits per heavy atom. The maximum absolute atomic E-state index is 6.94. The molecule has 0 saturated carbocycles. The second-order valence-corrected chi connectivity index (χ2v) is 16.1. The number of nitrogens with zero attached hydrogens (tertiary/aromatic N) is 2. The molecule has 0 aliphatic heterocycles. The molecule has 0 N–H and O–H groups in total. The third-order valence-corrected chi connectivity index (χ3v) is 12.6. The van der Waals surface area contributed by atoms with E-state index in [1.807, 2.05) is 0 Å². The van der Waals surface area contributed by atoms with Crippen LogP contribution in [0.15, 0.2) is 199 Å². The number of fused-ring (bicyclic) bond motifs is 11. The molecule has 0 radical (unpaired) electrons. The van der Waals surface area contributed by atoms with Gasteiger partial charge in [-0.15, -0.1) is 0 Å². The zero-order chi connectivity index (χ0) is 38.5. The van der Waals surface area contributed by atoms with Crippen LogP contribution in [-0.4, -0.2) is 4.57 Å². The lowest BCUT2D eigenvalue weighted by molar-refractivity contribution is 0.660. The van der Waals surface area contributed by atoms with E-state index in [1.165, 1.54) is 60.6 Å². The van der Waals surface area contributed by atoms with Crippen LogP contribution in [0.25, 0.3) is 82.5 Å². The SMILES string of the molecule is CC1(C)c2ccccc2-c2ccc(-c3ccc(N(c4ccc(-n5c6ccccc6c6ccccc65)cc4)c4cccc5c4oc4c6ccccc6ccc54)cc3)cc21. The molecule has 0 unspecified atom stereocenters. The molecule has 0 spiro atoms. The van der Waals surface area contributed by atoms with Crippen LogP contribution in [0.2, 0.25) is 0 Å². The molecular weight excluding hydrogens is 705 g/mol. The van der Waals surface area contributed by atoms with Gasteiger partial charge in [-0.3, -0.25) is 0 Å². The number of rotatable bonds is 5. The first-order valence-corrected chi connectivity index (χ1v) is 20.1. The summed E-state index contributed by atoms with van der Waals surface area (Å²) in [5.41, 5.74) is 16.2. The van der Waals surface area contributed by atoms with Gasteiger partial charge in [0, 0.05) is 49.4 Å². The lowest BCUT2D eigenvalue weighted by atomic mass is 9.81. The van der Waals surface area contributed by atoms with E-state index in [0.717, 1.165) is 50.1 Å². The minimum absolute atomic E-state index is 0.0549. The molecule has 274 valence electrons. The zero-order valence-electron chi connectivity index (χ0n) is 32.3. The summed E-state index contributed by atoms with van der Waals surface area (Å²) in [6.45, 7) is 4.69. The maximum atomic E-state index is 6.94. The van der Waals surface area contributed by atoms with E-state index < -0.39 is 0 Å². The standard InChI is InChI=1S/C55H38N2O/c1-55(2)48-18-8-5-14-42(48)43-32-25-37(34-49(43)55)35-22-26-38(27-23-35)56(52-21-11-17-46-47-33-24-36-12-3-4-13-41(36)53(47)58-54(46)52)39-28-30-40(31-29-39)57-50-19-9-6-15-44(50)45-16-7-10-20-51(45)57/h3-34H,1-2H3. The van der Waals surface area contributed by atoms with Gasteiger partial charge in [0.15, 0.2) is 5.58 Å². The molecule has 2 aromatic heterocycles. The minimum Gasteiger partial charge on any atom is -0.453 e. The normalized spacial score (nSPS) is 13.1. The van der Waals surface area contributed by atoms with Crippen LogP contribution in [0.1, 0.15) is 25.0 Å². The maximum Gasteiger partial charge on any atom is 0.159 e. The predicted octanol–water partition coefficient (Wildman–Crippen LogP) is 15.3. The summed E-state index contributed by atoms with van der Waals surface area (Å²) in [4.78, 5) is 2.34. The summed E-state index contributed by atoms with van der Waals surface area (Å²) in [6, 6.07) is 70.5. The van der Waals surface area contributed by atoms with Gasteiger partial charge in [-0.25, -0.2) is 0 Å². The van der Waals surface area contributed by atoms with Crippen molar-refractivity contribution in [2.75, 3.05) is 4.90 Å². The molecule has 1 aliphatic rings. The van der Waals surface area contributed by atoms with E-state index >= 15 is 0 Å². The third-order valence-electron chi connectivity index (χ3n) is 12.6. The first kappa shape index (κ1) is 32.8. The number of hydrogen-bond donors (Lipinski definition) is 0. The Morgan fingerprint density at radius 3 is 1.78 bits per heavy atom. The average molecular weight is 743 g/mol. The quantitative estimate of drug-likeness (QED) is 0.175. The largest absolute Gasteiger partial charge is 0.453 e. The fourth-order valence-corrected chi connectivity index (χ4v) is 9.75. The highest BCUT2D eigenvalue weighted by Crippen LogP contribution is 2.50. The van der Waals surface area contributed by atoms with E-state index in [2.05, 4.69) is 217 Å². The molecule has 11 aromatic rings. The van der Waals surface area contributed by atoms with Crippen molar-refractivity contribution in [1.82, 2.24) is 4.57 Å². The number of anilines is 3. The van der Waals surface area contributed by atoms with Crippen molar-refractivity contribution in [1.29, 1.82) is 0 Å². The van der Waals surface area contributed by atoms with E-state index in [1.54, 1.807) is 0 Å². The second kappa shape index (κ2) is 12.3. The van der Waals surface area contributed by atoms with Gasteiger partial charge in [0.05, 0.1) is 16.7 Å². The van der Waals surface area contributed by atoms with E-state index in [0.29, 0.717) is 0 Å². The summed E-state index contributed by atoms with van der Waals surface area (Å²) >= 11 is 0. The average Bonchev–Trinajstić information content (AvgIpc) is 3.91. The highest BCUT2D eigenvalue weighted by atomic mass is 16.3. The molecule has 9 aromatic carbocycles. The van der Waals surface area contributed by atoms with Gasteiger partial charge in [0.25, 0.3) is 0 Å². The van der Waals surface area contributed by atoms with E-state index in [-0.39, 0.29) is 5.41 Å². The molecule has 12 rings (SSSR count). The Hall–Kier alpha value is -7.36. The minimum atomic E-state index is -0.0549. The Bertz CT molecular complexity index is 3370. The molecule has 0 fully saturated rings. The number of aromatic nitrogens is 1. The van der Waals surface area contributed by atoms with Gasteiger partial charge in [-0.2, -0.15) is 0 Å². The van der Waals surface area contributed by atoms with Crippen molar-refractivity contribution >= 4 is 71.6 Å². The molecule has 0 atom stereocenters. The lowest BCUT2D eigenvalue weighted by Gasteiger charge is -2.26. The van der Waals surface area contributed by atoms with Crippen LogP contribution < -0.4 is 4.90 Å². The molecule has 0 amide bonds. The Kier molecular flexibility index (Phi) is 6.98. The van der Waals surface area contributed by atoms with Crippen LogP contribution in [0.5, 0.6) is 0 Å². The Morgan fingerprint density at radius 1 is 0.431 bits per heavy atom.